The summed E-state index contributed by atoms with van der Waals surface area (Å²) in [5, 5.41) is 13.5. The fraction of sp³-hybridized carbons (Fsp3) is 0.118. The summed E-state index contributed by atoms with van der Waals surface area (Å²) >= 11 is 6.10. The van der Waals surface area contributed by atoms with Gasteiger partial charge in [-0.05, 0) is 36.2 Å². The topological polar surface area (TPSA) is 72.2 Å². The minimum absolute atomic E-state index is 0.233. The maximum atomic E-state index is 12.8. The highest BCUT2D eigenvalue weighted by molar-refractivity contribution is 6.35. The van der Waals surface area contributed by atoms with Gasteiger partial charge in [-0.1, -0.05) is 36.7 Å². The summed E-state index contributed by atoms with van der Waals surface area (Å²) in [4.78, 5) is 22.6. The van der Waals surface area contributed by atoms with Crippen molar-refractivity contribution in [2.75, 3.05) is 5.32 Å². The molecule has 0 aliphatic heterocycles. The summed E-state index contributed by atoms with van der Waals surface area (Å²) in [5.74, 6) is -0.233. The Hall–Kier alpha value is -2.66. The molecule has 0 unspecified atom stereocenters. The van der Waals surface area contributed by atoms with Crippen molar-refractivity contribution in [3.63, 3.8) is 0 Å². The molecule has 0 heterocycles. The zero-order valence-corrected chi connectivity index (χ0v) is 13.2. The van der Waals surface area contributed by atoms with Gasteiger partial charge in [0, 0.05) is 16.8 Å². The summed E-state index contributed by atoms with van der Waals surface area (Å²) in [7, 11) is 0. The predicted molar refractivity (Wildman–Crippen MR) is 90.5 cm³/mol. The molecule has 0 aliphatic rings. The number of hydrogen-bond donors (Lipinski definition) is 1. The van der Waals surface area contributed by atoms with Crippen LogP contribution in [0.4, 0.5) is 5.69 Å². The summed E-state index contributed by atoms with van der Waals surface area (Å²) in [6, 6.07) is 12.2. The number of nitro groups is 1. The predicted octanol–water partition coefficient (Wildman–Crippen LogP) is 4.29. The van der Waals surface area contributed by atoms with E-state index in [4.69, 9.17) is 11.6 Å². The highest BCUT2D eigenvalue weighted by Gasteiger charge is 2.16. The van der Waals surface area contributed by atoms with E-state index in [-0.39, 0.29) is 5.78 Å². The van der Waals surface area contributed by atoms with Crippen LogP contribution in [0.15, 0.2) is 54.9 Å². The molecule has 0 atom stereocenters. The maximum Gasteiger partial charge on any atom is 0.250 e. The number of nitrogens with one attached hydrogen (secondary N) is 1. The molecule has 0 spiro atoms. The zero-order valence-electron chi connectivity index (χ0n) is 12.5. The van der Waals surface area contributed by atoms with E-state index >= 15 is 0 Å². The Labute approximate surface area is 138 Å². The highest BCUT2D eigenvalue weighted by Crippen LogP contribution is 2.25. The van der Waals surface area contributed by atoms with Gasteiger partial charge < -0.3 is 5.32 Å². The van der Waals surface area contributed by atoms with Crippen molar-refractivity contribution >= 4 is 23.1 Å². The first-order valence-corrected chi connectivity index (χ1v) is 7.39. The second-order valence-electron chi connectivity index (χ2n) is 4.79. The zero-order chi connectivity index (χ0) is 16.8. The molecule has 5 nitrogen and oxygen atoms in total. The maximum absolute atomic E-state index is 12.8. The van der Waals surface area contributed by atoms with Gasteiger partial charge in [-0.15, -0.1) is 0 Å². The lowest BCUT2D eigenvalue weighted by atomic mass is 9.98. The van der Waals surface area contributed by atoms with Crippen molar-refractivity contribution in [2.45, 2.75) is 13.3 Å². The number of carbonyl (C=O) groups is 1. The lowest BCUT2D eigenvalue weighted by Gasteiger charge is -2.11. The highest BCUT2D eigenvalue weighted by atomic mass is 35.5. The van der Waals surface area contributed by atoms with Gasteiger partial charge in [-0.25, -0.2) is 0 Å². The average Bonchev–Trinajstić information content (AvgIpc) is 2.54. The molecule has 0 amide bonds. The van der Waals surface area contributed by atoms with Crippen LogP contribution in [-0.2, 0) is 6.42 Å². The van der Waals surface area contributed by atoms with Gasteiger partial charge in [0.05, 0.1) is 16.1 Å². The number of hydrogen-bond acceptors (Lipinski definition) is 4. The van der Waals surface area contributed by atoms with Crippen LogP contribution in [0.2, 0.25) is 5.02 Å². The van der Waals surface area contributed by atoms with Crippen LogP contribution in [0.25, 0.3) is 0 Å². The molecule has 0 aromatic heterocycles. The Morgan fingerprint density at radius 1 is 1.26 bits per heavy atom. The third-order valence-corrected chi connectivity index (χ3v) is 3.62. The van der Waals surface area contributed by atoms with E-state index < -0.39 is 4.92 Å². The number of halogens is 1. The van der Waals surface area contributed by atoms with Crippen LogP contribution in [0.5, 0.6) is 0 Å². The average molecular weight is 331 g/mol. The van der Waals surface area contributed by atoms with Crippen LogP contribution >= 0.6 is 11.6 Å². The molecule has 0 fully saturated rings. The summed E-state index contributed by atoms with van der Waals surface area (Å²) in [6.45, 7) is 1.98. The summed E-state index contributed by atoms with van der Waals surface area (Å²) < 4.78 is 0. The van der Waals surface area contributed by atoms with Crippen LogP contribution in [-0.4, -0.2) is 10.7 Å². The normalized spacial score (nSPS) is 10.7. The summed E-state index contributed by atoms with van der Waals surface area (Å²) in [6.07, 6.45) is 2.73. The Morgan fingerprint density at radius 3 is 2.65 bits per heavy atom. The molecule has 0 saturated heterocycles. The number of ketones is 1. The smallest absolute Gasteiger partial charge is 0.250 e. The van der Waals surface area contributed by atoms with E-state index in [9.17, 15) is 14.9 Å². The molecule has 0 bridgehead atoms. The van der Waals surface area contributed by atoms with Crippen molar-refractivity contribution in [2.24, 2.45) is 0 Å². The first-order chi connectivity index (χ1) is 11.0. The third-order valence-electron chi connectivity index (χ3n) is 3.29. The fourth-order valence-corrected chi connectivity index (χ4v) is 2.32. The molecule has 23 heavy (non-hydrogen) atoms. The van der Waals surface area contributed by atoms with Gasteiger partial charge in [0.25, 0.3) is 0 Å². The van der Waals surface area contributed by atoms with Gasteiger partial charge in [0.2, 0.25) is 6.20 Å². The van der Waals surface area contributed by atoms with Crippen molar-refractivity contribution in [1.29, 1.82) is 0 Å². The van der Waals surface area contributed by atoms with E-state index in [1.165, 1.54) is 6.20 Å². The molecule has 2 rings (SSSR count). The first kappa shape index (κ1) is 16.7. The SMILES string of the molecule is CCc1ccc(NC=C[N+](=O)[O-])c(C(=O)c2ccccc2Cl)c1. The number of rotatable bonds is 6. The largest absolute Gasteiger partial charge is 0.356 e. The van der Waals surface area contributed by atoms with Crippen LogP contribution < -0.4 is 5.32 Å². The minimum Gasteiger partial charge on any atom is -0.356 e. The molecule has 0 aliphatic carbocycles. The van der Waals surface area contributed by atoms with E-state index in [0.29, 0.717) is 21.8 Å². The second-order valence-corrected chi connectivity index (χ2v) is 5.20. The van der Waals surface area contributed by atoms with Crippen molar-refractivity contribution in [3.05, 3.63) is 86.7 Å². The number of carbonyl (C=O) groups excluding carboxylic acids is 1. The van der Waals surface area contributed by atoms with Crippen molar-refractivity contribution in [3.8, 4) is 0 Å². The standard InChI is InChI=1S/C17H15ClN2O3/c1-2-12-7-8-16(19-9-10-20(22)23)14(11-12)17(21)13-5-3-4-6-15(13)18/h3-11,19H,2H2,1H3. The molecule has 1 N–H and O–H groups in total. The van der Waals surface area contributed by atoms with Crippen molar-refractivity contribution in [1.82, 2.24) is 0 Å². The Balaban J connectivity index is 2.44. The van der Waals surface area contributed by atoms with Crippen LogP contribution in [0.3, 0.4) is 0 Å². The molecular formula is C17H15ClN2O3. The van der Waals surface area contributed by atoms with Crippen molar-refractivity contribution < 1.29 is 9.72 Å². The van der Waals surface area contributed by atoms with Crippen LogP contribution in [0.1, 0.15) is 28.4 Å². The van der Waals surface area contributed by atoms with Gasteiger partial charge in [-0.2, -0.15) is 0 Å². The molecule has 0 radical (unpaired) electrons. The lowest BCUT2D eigenvalue weighted by Crippen LogP contribution is -2.07. The number of benzene rings is 2. The molecule has 2 aromatic rings. The van der Waals surface area contributed by atoms with Crippen LogP contribution in [0, 0.1) is 10.1 Å². The Kier molecular flexibility index (Phi) is 5.49. The van der Waals surface area contributed by atoms with E-state index in [0.717, 1.165) is 18.2 Å². The first-order valence-electron chi connectivity index (χ1n) is 7.01. The lowest BCUT2D eigenvalue weighted by molar-refractivity contribution is -0.402. The minimum atomic E-state index is -0.580. The van der Waals surface area contributed by atoms with Gasteiger partial charge >= 0.3 is 0 Å². The molecule has 118 valence electrons. The number of nitrogens with zero attached hydrogens (tertiary/aromatic N) is 1. The molecule has 0 saturated carbocycles. The fourth-order valence-electron chi connectivity index (χ4n) is 2.10. The Morgan fingerprint density at radius 2 is 2.00 bits per heavy atom. The van der Waals surface area contributed by atoms with E-state index in [1.54, 1.807) is 36.4 Å². The number of anilines is 1. The third kappa shape index (κ3) is 4.17. The van der Waals surface area contributed by atoms with Gasteiger partial charge in [0.15, 0.2) is 5.78 Å². The number of aryl methyl sites for hydroxylation is 1. The second kappa shape index (κ2) is 7.56. The molecule has 2 aromatic carbocycles. The molecular weight excluding hydrogens is 316 g/mol. The quantitative estimate of drug-likeness (QED) is 0.487. The van der Waals surface area contributed by atoms with E-state index in [1.807, 2.05) is 13.0 Å². The summed E-state index contributed by atoms with van der Waals surface area (Å²) in [5.41, 5.74) is 2.30. The van der Waals surface area contributed by atoms with Gasteiger partial charge in [-0.3, -0.25) is 14.9 Å². The van der Waals surface area contributed by atoms with E-state index in [2.05, 4.69) is 5.32 Å². The van der Waals surface area contributed by atoms with Gasteiger partial charge in [0.1, 0.15) is 0 Å². The molecule has 6 heteroatoms. The Bertz CT molecular complexity index is 772. The monoisotopic (exact) mass is 330 g/mol.